The standard InChI is InChI=1S/C18H16FN3O/c1-2-10-8-21-17-15(10)7-11(9-22-17)12-3-4-14-13(16(12)19)5-6-20-18(14)23/h3-4,7-9H,2,5-6H2,1H3,(H,20,23)(H,21,22). The van der Waals surface area contributed by atoms with Gasteiger partial charge >= 0.3 is 0 Å². The Kier molecular flexibility index (Phi) is 3.15. The highest BCUT2D eigenvalue weighted by atomic mass is 19.1. The van der Waals surface area contributed by atoms with Gasteiger partial charge in [-0.15, -0.1) is 0 Å². The number of aromatic amines is 1. The van der Waals surface area contributed by atoms with E-state index in [1.165, 1.54) is 0 Å². The van der Waals surface area contributed by atoms with Gasteiger partial charge in [0.15, 0.2) is 0 Å². The van der Waals surface area contributed by atoms with E-state index < -0.39 is 0 Å². The number of hydrogen-bond acceptors (Lipinski definition) is 2. The number of halogens is 1. The fourth-order valence-electron chi connectivity index (χ4n) is 3.20. The molecule has 0 spiro atoms. The van der Waals surface area contributed by atoms with Crippen LogP contribution in [0.25, 0.3) is 22.2 Å². The van der Waals surface area contributed by atoms with Crippen LogP contribution in [-0.2, 0) is 12.8 Å². The third kappa shape index (κ3) is 2.11. The second-order valence-electron chi connectivity index (χ2n) is 5.75. The predicted octanol–water partition coefficient (Wildman–Crippen LogP) is 3.22. The van der Waals surface area contributed by atoms with Gasteiger partial charge in [0.2, 0.25) is 0 Å². The lowest BCUT2D eigenvalue weighted by Crippen LogP contribution is -2.32. The van der Waals surface area contributed by atoms with E-state index in [1.54, 1.807) is 18.3 Å². The minimum absolute atomic E-state index is 0.204. The number of H-pyrrole nitrogens is 1. The summed E-state index contributed by atoms with van der Waals surface area (Å²) in [5, 5.41) is 3.75. The molecule has 2 N–H and O–H groups in total. The average Bonchev–Trinajstić information content (AvgIpc) is 2.98. The third-order valence-electron chi connectivity index (χ3n) is 4.46. The summed E-state index contributed by atoms with van der Waals surface area (Å²) in [4.78, 5) is 19.3. The van der Waals surface area contributed by atoms with Crippen molar-refractivity contribution in [2.75, 3.05) is 6.54 Å². The minimum atomic E-state index is -0.313. The molecule has 1 aliphatic heterocycles. The van der Waals surface area contributed by atoms with Crippen LogP contribution >= 0.6 is 0 Å². The number of carbonyl (C=O) groups is 1. The van der Waals surface area contributed by atoms with Crippen molar-refractivity contribution in [3.63, 3.8) is 0 Å². The number of hydrogen-bond donors (Lipinski definition) is 2. The van der Waals surface area contributed by atoms with Gasteiger partial charge in [0.1, 0.15) is 11.5 Å². The molecule has 5 heteroatoms. The van der Waals surface area contributed by atoms with E-state index >= 15 is 0 Å². The van der Waals surface area contributed by atoms with E-state index in [-0.39, 0.29) is 11.7 Å². The Bertz CT molecular complexity index is 929. The molecule has 1 aromatic carbocycles. The average molecular weight is 309 g/mol. The lowest BCUT2D eigenvalue weighted by Gasteiger charge is -2.18. The monoisotopic (exact) mass is 309 g/mol. The van der Waals surface area contributed by atoms with Crippen LogP contribution < -0.4 is 5.32 Å². The van der Waals surface area contributed by atoms with Crippen LogP contribution in [0.3, 0.4) is 0 Å². The Labute approximate surface area is 132 Å². The predicted molar refractivity (Wildman–Crippen MR) is 86.9 cm³/mol. The Morgan fingerprint density at radius 1 is 1.30 bits per heavy atom. The lowest BCUT2D eigenvalue weighted by atomic mass is 9.94. The summed E-state index contributed by atoms with van der Waals surface area (Å²) in [7, 11) is 0. The number of nitrogens with zero attached hydrogens (tertiary/aromatic N) is 1. The van der Waals surface area contributed by atoms with Crippen molar-refractivity contribution in [3.8, 4) is 11.1 Å². The molecule has 116 valence electrons. The number of fused-ring (bicyclic) bond motifs is 2. The molecule has 0 atom stereocenters. The van der Waals surface area contributed by atoms with Crippen LogP contribution in [-0.4, -0.2) is 22.4 Å². The van der Waals surface area contributed by atoms with Crippen molar-refractivity contribution < 1.29 is 9.18 Å². The molecule has 0 saturated carbocycles. The number of pyridine rings is 1. The van der Waals surface area contributed by atoms with Gasteiger partial charge in [0.25, 0.3) is 5.91 Å². The van der Waals surface area contributed by atoms with Crippen LogP contribution in [0.5, 0.6) is 0 Å². The zero-order valence-electron chi connectivity index (χ0n) is 12.7. The summed E-state index contributed by atoms with van der Waals surface area (Å²) < 4.78 is 14.9. The zero-order chi connectivity index (χ0) is 16.0. The second kappa shape index (κ2) is 5.19. The Balaban J connectivity index is 1.89. The molecule has 23 heavy (non-hydrogen) atoms. The molecular weight excluding hydrogens is 293 g/mol. The maximum atomic E-state index is 14.9. The van der Waals surface area contributed by atoms with E-state index in [0.29, 0.717) is 29.7 Å². The molecule has 2 aromatic heterocycles. The van der Waals surface area contributed by atoms with Crippen molar-refractivity contribution in [2.45, 2.75) is 19.8 Å². The van der Waals surface area contributed by atoms with Crippen LogP contribution in [0.2, 0.25) is 0 Å². The third-order valence-corrected chi connectivity index (χ3v) is 4.46. The summed E-state index contributed by atoms with van der Waals surface area (Å²) in [6.07, 6.45) is 5.01. The van der Waals surface area contributed by atoms with E-state index in [0.717, 1.165) is 28.6 Å². The van der Waals surface area contributed by atoms with E-state index in [9.17, 15) is 9.18 Å². The van der Waals surface area contributed by atoms with Crippen LogP contribution in [0.1, 0.15) is 28.4 Å². The van der Waals surface area contributed by atoms with E-state index in [2.05, 4.69) is 22.2 Å². The van der Waals surface area contributed by atoms with Gasteiger partial charge in [-0.05, 0) is 30.5 Å². The first-order valence-corrected chi connectivity index (χ1v) is 7.75. The zero-order valence-corrected chi connectivity index (χ0v) is 12.7. The number of carbonyl (C=O) groups excluding carboxylic acids is 1. The number of amides is 1. The molecule has 0 saturated heterocycles. The van der Waals surface area contributed by atoms with Crippen molar-refractivity contribution in [2.24, 2.45) is 0 Å². The van der Waals surface area contributed by atoms with Crippen LogP contribution in [0.15, 0.2) is 30.6 Å². The molecule has 4 nitrogen and oxygen atoms in total. The van der Waals surface area contributed by atoms with E-state index in [1.807, 2.05) is 12.3 Å². The first-order chi connectivity index (χ1) is 11.2. The van der Waals surface area contributed by atoms with Gasteiger partial charge in [0, 0.05) is 46.6 Å². The molecule has 4 rings (SSSR count). The van der Waals surface area contributed by atoms with Gasteiger partial charge < -0.3 is 10.3 Å². The van der Waals surface area contributed by atoms with Crippen LogP contribution in [0.4, 0.5) is 4.39 Å². The molecule has 0 aliphatic carbocycles. The summed E-state index contributed by atoms with van der Waals surface area (Å²) in [5.41, 5.74) is 4.13. The molecule has 0 radical (unpaired) electrons. The SMILES string of the molecule is CCc1c[nH]c2ncc(-c3ccc4c(c3F)CCNC4=O)cc12. The highest BCUT2D eigenvalue weighted by Gasteiger charge is 2.22. The molecule has 1 aliphatic rings. The summed E-state index contributed by atoms with van der Waals surface area (Å²) in [5.74, 6) is -0.517. The topological polar surface area (TPSA) is 57.8 Å². The molecule has 3 aromatic rings. The molecule has 1 amide bonds. The van der Waals surface area contributed by atoms with E-state index in [4.69, 9.17) is 0 Å². The summed E-state index contributed by atoms with van der Waals surface area (Å²) in [6.45, 7) is 2.55. The maximum absolute atomic E-state index is 14.9. The van der Waals surface area contributed by atoms with Gasteiger partial charge in [-0.2, -0.15) is 0 Å². The van der Waals surface area contributed by atoms with Crippen LogP contribution in [0, 0.1) is 5.82 Å². The Morgan fingerprint density at radius 3 is 2.96 bits per heavy atom. The first kappa shape index (κ1) is 13.9. The Morgan fingerprint density at radius 2 is 2.13 bits per heavy atom. The van der Waals surface area contributed by atoms with Crippen molar-refractivity contribution in [1.82, 2.24) is 15.3 Å². The number of nitrogens with one attached hydrogen (secondary N) is 2. The van der Waals surface area contributed by atoms with Gasteiger partial charge in [-0.1, -0.05) is 13.0 Å². The smallest absolute Gasteiger partial charge is 0.251 e. The largest absolute Gasteiger partial charge is 0.352 e. The normalized spacial score (nSPS) is 13.9. The summed E-state index contributed by atoms with van der Waals surface area (Å²) in [6, 6.07) is 5.33. The fourth-order valence-corrected chi connectivity index (χ4v) is 3.20. The van der Waals surface area contributed by atoms with Crippen molar-refractivity contribution in [1.29, 1.82) is 0 Å². The van der Waals surface area contributed by atoms with Gasteiger partial charge in [-0.3, -0.25) is 4.79 Å². The molecule has 3 heterocycles. The fraction of sp³-hybridized carbons (Fsp3) is 0.222. The molecule has 0 bridgehead atoms. The quantitative estimate of drug-likeness (QED) is 0.763. The number of aryl methyl sites for hydroxylation is 1. The van der Waals surface area contributed by atoms with Gasteiger partial charge in [-0.25, -0.2) is 9.37 Å². The number of rotatable bonds is 2. The highest BCUT2D eigenvalue weighted by Crippen LogP contribution is 2.30. The number of benzene rings is 1. The van der Waals surface area contributed by atoms with Gasteiger partial charge in [0.05, 0.1) is 0 Å². The number of aromatic nitrogens is 2. The maximum Gasteiger partial charge on any atom is 0.251 e. The molecule has 0 fully saturated rings. The van der Waals surface area contributed by atoms with Crippen molar-refractivity contribution in [3.05, 3.63) is 53.1 Å². The van der Waals surface area contributed by atoms with Crippen molar-refractivity contribution >= 4 is 16.9 Å². The second-order valence-corrected chi connectivity index (χ2v) is 5.75. The lowest BCUT2D eigenvalue weighted by molar-refractivity contribution is 0.0945. The highest BCUT2D eigenvalue weighted by molar-refractivity contribution is 5.97. The first-order valence-electron chi connectivity index (χ1n) is 7.75. The summed E-state index contributed by atoms with van der Waals surface area (Å²) >= 11 is 0. The molecular formula is C18H16FN3O. The minimum Gasteiger partial charge on any atom is -0.352 e. The Hall–Kier alpha value is -2.69. The molecule has 0 unspecified atom stereocenters.